The van der Waals surface area contributed by atoms with Gasteiger partial charge < -0.3 is 10.1 Å². The number of piperidine rings is 1. The minimum Gasteiger partial charge on any atom is -0.462 e. The van der Waals surface area contributed by atoms with Crippen molar-refractivity contribution in [2.75, 3.05) is 25.0 Å². The largest absolute Gasteiger partial charge is 0.462 e. The van der Waals surface area contributed by atoms with Crippen LogP contribution in [0.4, 0.5) is 5.69 Å². The number of thiophene rings is 1. The van der Waals surface area contributed by atoms with Crippen LogP contribution in [0, 0.1) is 0 Å². The molecule has 1 amide bonds. The number of benzene rings is 1. The highest BCUT2D eigenvalue weighted by Crippen LogP contribution is 2.28. The molecule has 1 aliphatic rings. The fourth-order valence-corrected chi connectivity index (χ4v) is 5.99. The second kappa shape index (κ2) is 10.2. The molecule has 0 unspecified atom stereocenters. The van der Waals surface area contributed by atoms with Crippen LogP contribution in [0.2, 0.25) is 0 Å². The third kappa shape index (κ3) is 5.27. The number of amides is 1. The first-order valence-corrected chi connectivity index (χ1v) is 12.4. The zero-order valence-electron chi connectivity index (χ0n) is 16.9. The van der Waals surface area contributed by atoms with Gasteiger partial charge in [-0.15, -0.1) is 11.3 Å². The summed E-state index contributed by atoms with van der Waals surface area (Å²) in [5.41, 5.74) is 0.869. The van der Waals surface area contributed by atoms with Crippen molar-refractivity contribution in [2.24, 2.45) is 0 Å². The topological polar surface area (TPSA) is 92.8 Å². The molecule has 0 bridgehead atoms. The molecule has 1 fully saturated rings. The van der Waals surface area contributed by atoms with Gasteiger partial charge >= 0.3 is 5.97 Å². The summed E-state index contributed by atoms with van der Waals surface area (Å²) >= 11 is 1.10. The lowest BCUT2D eigenvalue weighted by Gasteiger charge is -2.25. The number of rotatable bonds is 8. The Balaban J connectivity index is 1.69. The van der Waals surface area contributed by atoms with Crippen LogP contribution in [0.15, 0.2) is 40.6 Å². The molecule has 0 saturated carbocycles. The monoisotopic (exact) mass is 450 g/mol. The number of hydrogen-bond acceptors (Lipinski definition) is 6. The highest BCUT2D eigenvalue weighted by atomic mass is 32.2. The van der Waals surface area contributed by atoms with Gasteiger partial charge in [-0.3, -0.25) is 4.79 Å². The minimum absolute atomic E-state index is 0.0445. The smallest absolute Gasteiger partial charge is 0.338 e. The van der Waals surface area contributed by atoms with Crippen LogP contribution in [0.3, 0.4) is 0 Å². The van der Waals surface area contributed by atoms with Gasteiger partial charge in [0.1, 0.15) is 9.77 Å². The number of nitrogens with one attached hydrogen (secondary N) is 1. The van der Waals surface area contributed by atoms with E-state index in [0.717, 1.165) is 43.4 Å². The summed E-state index contributed by atoms with van der Waals surface area (Å²) in [5.74, 6) is -0.895. The van der Waals surface area contributed by atoms with Crippen molar-refractivity contribution in [1.29, 1.82) is 0 Å². The molecule has 162 valence electrons. The predicted molar refractivity (Wildman–Crippen MR) is 117 cm³/mol. The maximum Gasteiger partial charge on any atom is 0.338 e. The number of sulfonamides is 1. The summed E-state index contributed by atoms with van der Waals surface area (Å²) in [5, 5.41) is 4.33. The lowest BCUT2D eigenvalue weighted by Crippen LogP contribution is -2.36. The predicted octanol–water partition coefficient (Wildman–Crippen LogP) is 4.13. The molecule has 1 N–H and O–H groups in total. The molecule has 0 atom stereocenters. The van der Waals surface area contributed by atoms with Crippen LogP contribution in [0.5, 0.6) is 0 Å². The van der Waals surface area contributed by atoms with E-state index in [1.165, 1.54) is 10.4 Å². The SMILES string of the molecule is CCCCOC(=O)c1ccc(NC(=O)c2sccc2S(=O)(=O)N2CCCCC2)cc1. The Morgan fingerprint density at radius 1 is 1.10 bits per heavy atom. The first kappa shape index (κ1) is 22.5. The number of carbonyl (C=O) groups excluding carboxylic acids is 2. The van der Waals surface area contributed by atoms with Crippen molar-refractivity contribution in [3.05, 3.63) is 46.2 Å². The summed E-state index contributed by atoms with van der Waals surface area (Å²) in [6, 6.07) is 7.83. The lowest BCUT2D eigenvalue weighted by atomic mass is 10.2. The molecule has 30 heavy (non-hydrogen) atoms. The van der Waals surface area contributed by atoms with Crippen LogP contribution >= 0.6 is 11.3 Å². The van der Waals surface area contributed by atoms with Crippen molar-refractivity contribution in [2.45, 2.75) is 43.9 Å². The number of carbonyl (C=O) groups is 2. The number of esters is 1. The molecular weight excluding hydrogens is 424 g/mol. The molecule has 0 spiro atoms. The van der Waals surface area contributed by atoms with Crippen molar-refractivity contribution >= 4 is 38.9 Å². The molecule has 1 aromatic carbocycles. The second-order valence-corrected chi connectivity index (χ2v) is 9.92. The van der Waals surface area contributed by atoms with Gasteiger partial charge in [0.05, 0.1) is 12.2 Å². The fourth-order valence-electron chi connectivity index (χ4n) is 3.18. The van der Waals surface area contributed by atoms with Crippen molar-refractivity contribution in [3.63, 3.8) is 0 Å². The zero-order chi connectivity index (χ0) is 21.6. The Labute approximate surface area is 181 Å². The molecule has 2 aromatic rings. The van der Waals surface area contributed by atoms with E-state index in [1.54, 1.807) is 29.6 Å². The Kier molecular flexibility index (Phi) is 7.63. The molecule has 1 aliphatic heterocycles. The summed E-state index contributed by atoms with van der Waals surface area (Å²) < 4.78 is 32.5. The third-order valence-corrected chi connectivity index (χ3v) is 7.86. The van der Waals surface area contributed by atoms with Crippen LogP contribution in [-0.2, 0) is 14.8 Å². The molecule has 1 aromatic heterocycles. The molecule has 3 rings (SSSR count). The highest BCUT2D eigenvalue weighted by Gasteiger charge is 2.31. The van der Waals surface area contributed by atoms with Gasteiger partial charge in [0.2, 0.25) is 10.0 Å². The van der Waals surface area contributed by atoms with Gasteiger partial charge in [0.15, 0.2) is 0 Å². The Hall–Kier alpha value is -2.23. The van der Waals surface area contributed by atoms with E-state index < -0.39 is 21.9 Å². The summed E-state index contributed by atoms with van der Waals surface area (Å²) in [6.07, 6.45) is 4.43. The molecule has 9 heteroatoms. The molecule has 0 radical (unpaired) electrons. The van der Waals surface area contributed by atoms with E-state index in [-0.39, 0.29) is 9.77 Å². The second-order valence-electron chi connectivity index (χ2n) is 7.10. The molecule has 0 aliphatic carbocycles. The van der Waals surface area contributed by atoms with Crippen LogP contribution in [-0.4, -0.2) is 44.3 Å². The zero-order valence-corrected chi connectivity index (χ0v) is 18.6. The standard InChI is InChI=1S/C21H26N2O5S2/c1-2-3-14-28-21(25)16-7-9-17(10-8-16)22-20(24)19-18(11-15-29-19)30(26,27)23-12-5-4-6-13-23/h7-11,15H,2-6,12-14H2,1H3,(H,22,24). The highest BCUT2D eigenvalue weighted by molar-refractivity contribution is 7.89. The number of nitrogens with zero attached hydrogens (tertiary/aromatic N) is 1. The fraction of sp³-hybridized carbons (Fsp3) is 0.429. The molecule has 2 heterocycles. The maximum atomic E-state index is 13.0. The first-order valence-electron chi connectivity index (χ1n) is 10.1. The van der Waals surface area contributed by atoms with Crippen molar-refractivity contribution in [1.82, 2.24) is 4.31 Å². The quantitative estimate of drug-likeness (QED) is 0.482. The Morgan fingerprint density at radius 3 is 2.47 bits per heavy atom. The van der Waals surface area contributed by atoms with E-state index >= 15 is 0 Å². The number of anilines is 1. The van der Waals surface area contributed by atoms with E-state index in [9.17, 15) is 18.0 Å². The van der Waals surface area contributed by atoms with Gasteiger partial charge in [-0.1, -0.05) is 19.8 Å². The normalized spacial score (nSPS) is 15.0. The Morgan fingerprint density at radius 2 is 1.80 bits per heavy atom. The first-order chi connectivity index (χ1) is 14.4. The van der Waals surface area contributed by atoms with Gasteiger partial charge in [0, 0.05) is 18.8 Å². The van der Waals surface area contributed by atoms with Gasteiger partial charge in [-0.2, -0.15) is 4.31 Å². The number of hydrogen-bond donors (Lipinski definition) is 1. The van der Waals surface area contributed by atoms with Gasteiger partial charge in [0.25, 0.3) is 5.91 Å². The minimum atomic E-state index is -3.69. The third-order valence-electron chi connectivity index (χ3n) is 4.88. The number of unbranched alkanes of at least 4 members (excludes halogenated alkanes) is 1. The van der Waals surface area contributed by atoms with E-state index in [1.807, 2.05) is 6.92 Å². The summed E-state index contributed by atoms with van der Waals surface area (Å²) in [6.45, 7) is 3.35. The van der Waals surface area contributed by atoms with Crippen LogP contribution in [0.25, 0.3) is 0 Å². The van der Waals surface area contributed by atoms with Crippen LogP contribution in [0.1, 0.15) is 59.1 Å². The molecule has 1 saturated heterocycles. The maximum absolute atomic E-state index is 13.0. The van der Waals surface area contributed by atoms with Crippen molar-refractivity contribution in [3.8, 4) is 0 Å². The average molecular weight is 451 g/mol. The van der Waals surface area contributed by atoms with Crippen LogP contribution < -0.4 is 5.32 Å². The lowest BCUT2D eigenvalue weighted by molar-refractivity contribution is 0.0499. The molecule has 7 nitrogen and oxygen atoms in total. The molecular formula is C21H26N2O5S2. The Bertz CT molecular complexity index is 977. The van der Waals surface area contributed by atoms with Gasteiger partial charge in [-0.25, -0.2) is 13.2 Å². The van der Waals surface area contributed by atoms with Gasteiger partial charge in [-0.05, 0) is 55.0 Å². The van der Waals surface area contributed by atoms with E-state index in [2.05, 4.69) is 5.32 Å². The van der Waals surface area contributed by atoms with E-state index in [0.29, 0.717) is 30.9 Å². The summed E-state index contributed by atoms with van der Waals surface area (Å²) in [7, 11) is -3.69. The van der Waals surface area contributed by atoms with E-state index in [4.69, 9.17) is 4.74 Å². The van der Waals surface area contributed by atoms with Crippen molar-refractivity contribution < 1.29 is 22.7 Å². The average Bonchev–Trinajstić information content (AvgIpc) is 3.26. The summed E-state index contributed by atoms with van der Waals surface area (Å²) in [4.78, 5) is 24.9. The number of ether oxygens (including phenoxy) is 1.